The van der Waals surface area contributed by atoms with Gasteiger partial charge in [-0.3, -0.25) is 4.79 Å². The minimum absolute atomic E-state index is 0.00342. The van der Waals surface area contributed by atoms with E-state index >= 15 is 0 Å². The summed E-state index contributed by atoms with van der Waals surface area (Å²) >= 11 is 0. The van der Waals surface area contributed by atoms with Gasteiger partial charge in [0.05, 0.1) is 29.6 Å². The molecule has 2 saturated heterocycles. The second kappa shape index (κ2) is 5.37. The van der Waals surface area contributed by atoms with Crippen LogP contribution < -0.4 is 10.6 Å². The number of hydrogen-bond donors (Lipinski definition) is 2. The van der Waals surface area contributed by atoms with Gasteiger partial charge in [0.25, 0.3) is 0 Å². The van der Waals surface area contributed by atoms with Crippen molar-refractivity contribution in [2.24, 2.45) is 0 Å². The zero-order valence-corrected chi connectivity index (χ0v) is 12.1. The number of rotatable bonds is 4. The largest absolute Gasteiger partial charge is 0.351 e. The molecule has 0 aromatic carbocycles. The van der Waals surface area contributed by atoms with Crippen LogP contribution in [-0.4, -0.2) is 64.4 Å². The first-order chi connectivity index (χ1) is 8.76. The molecule has 0 radical (unpaired) electrons. The van der Waals surface area contributed by atoms with E-state index in [4.69, 9.17) is 0 Å². The van der Waals surface area contributed by atoms with E-state index in [0.717, 1.165) is 0 Å². The lowest BCUT2D eigenvalue weighted by Gasteiger charge is -2.13. The first-order valence-corrected chi connectivity index (χ1v) is 9.84. The van der Waals surface area contributed by atoms with Gasteiger partial charge in [-0.25, -0.2) is 16.8 Å². The van der Waals surface area contributed by atoms with Gasteiger partial charge in [0.1, 0.15) is 0 Å². The van der Waals surface area contributed by atoms with Crippen LogP contribution in [0.4, 0.5) is 0 Å². The summed E-state index contributed by atoms with van der Waals surface area (Å²) in [5, 5.41) is 5.54. The van der Waals surface area contributed by atoms with Crippen LogP contribution in [-0.2, 0) is 24.5 Å². The summed E-state index contributed by atoms with van der Waals surface area (Å²) in [6, 6.07) is -0.491. The van der Waals surface area contributed by atoms with Crippen LogP contribution in [0, 0.1) is 0 Å². The molecule has 0 unspecified atom stereocenters. The van der Waals surface area contributed by atoms with Gasteiger partial charge >= 0.3 is 0 Å². The summed E-state index contributed by atoms with van der Waals surface area (Å²) < 4.78 is 44.9. The maximum Gasteiger partial charge on any atom is 0.234 e. The first kappa shape index (κ1) is 14.7. The van der Waals surface area contributed by atoms with Crippen LogP contribution in [0.5, 0.6) is 0 Å². The molecule has 0 spiro atoms. The predicted octanol–water partition coefficient (Wildman–Crippen LogP) is -1.93. The van der Waals surface area contributed by atoms with Crippen molar-refractivity contribution >= 4 is 25.6 Å². The Balaban J connectivity index is 1.71. The zero-order valence-electron chi connectivity index (χ0n) is 10.5. The van der Waals surface area contributed by atoms with E-state index in [1.807, 2.05) is 0 Å². The Morgan fingerprint density at radius 3 is 1.95 bits per heavy atom. The van der Waals surface area contributed by atoms with Gasteiger partial charge in [-0.05, 0) is 12.8 Å². The molecule has 19 heavy (non-hydrogen) atoms. The van der Waals surface area contributed by atoms with Crippen molar-refractivity contribution in [1.82, 2.24) is 10.6 Å². The second-order valence-electron chi connectivity index (χ2n) is 5.15. The fourth-order valence-electron chi connectivity index (χ4n) is 2.38. The van der Waals surface area contributed by atoms with Gasteiger partial charge in [0.2, 0.25) is 5.91 Å². The number of carbonyl (C=O) groups is 1. The first-order valence-electron chi connectivity index (χ1n) is 6.19. The minimum Gasteiger partial charge on any atom is -0.351 e. The van der Waals surface area contributed by atoms with Crippen molar-refractivity contribution in [1.29, 1.82) is 0 Å². The van der Waals surface area contributed by atoms with Crippen molar-refractivity contribution in [3.8, 4) is 0 Å². The quantitative estimate of drug-likeness (QED) is 0.626. The van der Waals surface area contributed by atoms with Crippen LogP contribution in [0.2, 0.25) is 0 Å². The molecule has 2 aliphatic heterocycles. The number of amides is 1. The molecule has 2 atom stereocenters. The molecule has 0 bridgehead atoms. The molecule has 2 rings (SSSR count). The van der Waals surface area contributed by atoms with Crippen LogP contribution >= 0.6 is 0 Å². The van der Waals surface area contributed by atoms with Crippen LogP contribution in [0.25, 0.3) is 0 Å². The number of carbonyl (C=O) groups excluding carboxylic acids is 1. The third-order valence-corrected chi connectivity index (χ3v) is 6.92. The van der Waals surface area contributed by atoms with Crippen molar-refractivity contribution in [2.45, 2.75) is 24.9 Å². The highest BCUT2D eigenvalue weighted by Crippen LogP contribution is 2.12. The molecule has 0 saturated carbocycles. The predicted molar refractivity (Wildman–Crippen MR) is 70.3 cm³/mol. The van der Waals surface area contributed by atoms with Crippen molar-refractivity contribution in [3.63, 3.8) is 0 Å². The lowest BCUT2D eigenvalue weighted by atomic mass is 10.2. The molecule has 2 fully saturated rings. The topological polar surface area (TPSA) is 109 Å². The highest BCUT2D eigenvalue weighted by Gasteiger charge is 2.30. The molecular formula is C10H18N2O5S2. The minimum atomic E-state index is -3.00. The fraction of sp³-hybridized carbons (Fsp3) is 0.900. The molecule has 0 aromatic rings. The summed E-state index contributed by atoms with van der Waals surface area (Å²) in [7, 11) is -5.96. The Morgan fingerprint density at radius 1 is 0.947 bits per heavy atom. The molecule has 1 amide bonds. The normalized spacial score (nSPS) is 32.2. The molecular weight excluding hydrogens is 292 g/mol. The van der Waals surface area contributed by atoms with Crippen molar-refractivity contribution in [2.75, 3.05) is 29.6 Å². The number of hydrogen-bond acceptors (Lipinski definition) is 6. The summed E-state index contributed by atoms with van der Waals surface area (Å²) in [5.41, 5.74) is 0. The lowest BCUT2D eigenvalue weighted by Crippen LogP contribution is -2.44. The van der Waals surface area contributed by atoms with Crippen LogP contribution in [0.15, 0.2) is 0 Å². The lowest BCUT2D eigenvalue weighted by molar-refractivity contribution is -0.120. The molecule has 7 nitrogen and oxygen atoms in total. The zero-order chi connectivity index (χ0) is 14.1. The average molecular weight is 310 g/mol. The maximum absolute atomic E-state index is 11.6. The molecule has 2 heterocycles. The third-order valence-electron chi connectivity index (χ3n) is 3.38. The van der Waals surface area contributed by atoms with Gasteiger partial charge in [0.15, 0.2) is 19.7 Å². The van der Waals surface area contributed by atoms with E-state index in [2.05, 4.69) is 10.6 Å². The Morgan fingerprint density at radius 2 is 1.47 bits per heavy atom. The molecule has 110 valence electrons. The van der Waals surface area contributed by atoms with E-state index in [1.165, 1.54) is 0 Å². The Hall–Kier alpha value is -0.670. The molecule has 2 aliphatic rings. The van der Waals surface area contributed by atoms with Gasteiger partial charge in [-0.2, -0.15) is 0 Å². The van der Waals surface area contributed by atoms with E-state index < -0.39 is 19.7 Å². The van der Waals surface area contributed by atoms with Gasteiger partial charge < -0.3 is 10.6 Å². The summed E-state index contributed by atoms with van der Waals surface area (Å²) in [6.07, 6.45) is 0.972. The van der Waals surface area contributed by atoms with Crippen LogP contribution in [0.1, 0.15) is 12.8 Å². The standard InChI is InChI=1S/C10H18N2O5S2/c13-10(12-9-2-4-19(16,17)7-9)5-11-8-1-3-18(14,15)6-8/h8-9,11H,1-7H2,(H,12,13)/t8-,9-/m0/s1. The van der Waals surface area contributed by atoms with E-state index in [9.17, 15) is 21.6 Å². The SMILES string of the molecule is O=C(CN[C@H]1CCS(=O)(=O)C1)N[C@H]1CCS(=O)(=O)C1. The van der Waals surface area contributed by atoms with E-state index in [0.29, 0.717) is 12.8 Å². The Kier molecular flexibility index (Phi) is 4.17. The summed E-state index contributed by atoms with van der Waals surface area (Å²) in [6.45, 7) is 0.0245. The molecule has 2 N–H and O–H groups in total. The highest BCUT2D eigenvalue weighted by atomic mass is 32.2. The molecule has 9 heteroatoms. The summed E-state index contributed by atoms with van der Waals surface area (Å²) in [4.78, 5) is 11.6. The monoisotopic (exact) mass is 310 g/mol. The fourth-order valence-corrected chi connectivity index (χ4v) is 5.76. The van der Waals surface area contributed by atoms with Crippen molar-refractivity contribution < 1.29 is 21.6 Å². The Bertz CT molecular complexity index is 554. The van der Waals surface area contributed by atoms with Crippen LogP contribution in [0.3, 0.4) is 0 Å². The maximum atomic E-state index is 11.6. The van der Waals surface area contributed by atoms with Gasteiger partial charge in [-0.15, -0.1) is 0 Å². The number of sulfone groups is 2. The van der Waals surface area contributed by atoms with Crippen molar-refractivity contribution in [3.05, 3.63) is 0 Å². The average Bonchev–Trinajstić information content (AvgIpc) is 2.78. The van der Waals surface area contributed by atoms with E-state index in [1.54, 1.807) is 0 Å². The van der Waals surface area contributed by atoms with Gasteiger partial charge in [-0.1, -0.05) is 0 Å². The van der Waals surface area contributed by atoms with E-state index in [-0.39, 0.29) is 47.5 Å². The Labute approximate surface area is 113 Å². The highest BCUT2D eigenvalue weighted by molar-refractivity contribution is 7.91. The second-order valence-corrected chi connectivity index (χ2v) is 9.61. The van der Waals surface area contributed by atoms with Gasteiger partial charge in [0, 0.05) is 12.1 Å². The molecule has 0 aliphatic carbocycles. The summed E-state index contributed by atoms with van der Waals surface area (Å²) in [5.74, 6) is 0.0556. The molecule has 0 aromatic heterocycles. The smallest absolute Gasteiger partial charge is 0.234 e. The number of nitrogens with one attached hydrogen (secondary N) is 2. The third kappa shape index (κ3) is 4.43.